The lowest BCUT2D eigenvalue weighted by Crippen LogP contribution is -2.24. The number of aromatic amines is 1. The highest BCUT2D eigenvalue weighted by atomic mass is 35.5. The van der Waals surface area contributed by atoms with Crippen LogP contribution in [0.15, 0.2) is 35.1 Å². The van der Waals surface area contributed by atoms with E-state index in [1.54, 1.807) is 6.07 Å². The Labute approximate surface area is 134 Å². The van der Waals surface area contributed by atoms with Crippen LogP contribution in [0.5, 0.6) is 0 Å². The Morgan fingerprint density at radius 1 is 1.22 bits per heavy atom. The van der Waals surface area contributed by atoms with Crippen LogP contribution in [0.25, 0.3) is 10.8 Å². The van der Waals surface area contributed by atoms with Gasteiger partial charge in [-0.1, -0.05) is 17.7 Å². The van der Waals surface area contributed by atoms with Gasteiger partial charge in [-0.05, 0) is 29.8 Å². The number of hydrogen-bond donors (Lipinski definition) is 2. The highest BCUT2D eigenvalue weighted by molar-refractivity contribution is 6.30. The molecule has 0 radical (unpaired) electrons. The summed E-state index contributed by atoms with van der Waals surface area (Å²) in [7, 11) is 0. The molecule has 0 aliphatic carbocycles. The van der Waals surface area contributed by atoms with Gasteiger partial charge in [0.05, 0.1) is 16.1 Å². The van der Waals surface area contributed by atoms with Gasteiger partial charge in [-0.15, -0.1) is 0 Å². The fraction of sp³-hybridized carbons (Fsp3) is 0.125. The van der Waals surface area contributed by atoms with Gasteiger partial charge in [0.1, 0.15) is 11.6 Å². The second-order valence-corrected chi connectivity index (χ2v) is 5.83. The van der Waals surface area contributed by atoms with Gasteiger partial charge >= 0.3 is 0 Å². The Kier molecular flexibility index (Phi) is 3.09. The molecular formula is C16H10ClF2N3O. The van der Waals surface area contributed by atoms with E-state index in [-0.39, 0.29) is 16.3 Å². The molecule has 0 spiro atoms. The third-order valence-electron chi connectivity index (χ3n) is 4.05. The van der Waals surface area contributed by atoms with E-state index < -0.39 is 17.2 Å². The number of aromatic nitrogens is 2. The van der Waals surface area contributed by atoms with Gasteiger partial charge in [0.2, 0.25) is 0 Å². The van der Waals surface area contributed by atoms with Crippen LogP contribution in [0.2, 0.25) is 5.02 Å². The first-order valence-corrected chi connectivity index (χ1v) is 7.33. The van der Waals surface area contributed by atoms with E-state index in [9.17, 15) is 13.6 Å². The monoisotopic (exact) mass is 333 g/mol. The molecule has 0 fully saturated rings. The van der Waals surface area contributed by atoms with E-state index >= 15 is 0 Å². The predicted octanol–water partition coefficient (Wildman–Crippen LogP) is 3.41. The molecule has 0 saturated carbocycles. The summed E-state index contributed by atoms with van der Waals surface area (Å²) in [4.78, 5) is 11.9. The van der Waals surface area contributed by atoms with Gasteiger partial charge < -0.3 is 5.32 Å². The number of nitrogens with one attached hydrogen (secondary N) is 2. The van der Waals surface area contributed by atoms with E-state index in [1.807, 2.05) is 0 Å². The van der Waals surface area contributed by atoms with E-state index in [4.69, 9.17) is 11.6 Å². The molecule has 1 aliphatic heterocycles. The molecule has 4 nitrogen and oxygen atoms in total. The summed E-state index contributed by atoms with van der Waals surface area (Å²) in [6, 6.07) is 7.04. The molecule has 23 heavy (non-hydrogen) atoms. The quantitative estimate of drug-likeness (QED) is 0.717. The summed E-state index contributed by atoms with van der Waals surface area (Å²) in [5.74, 6) is -1.30. The Balaban J connectivity index is 1.98. The minimum atomic E-state index is -0.519. The first-order chi connectivity index (χ1) is 11.0. The minimum absolute atomic E-state index is 0.0413. The third kappa shape index (κ3) is 2.17. The van der Waals surface area contributed by atoms with Crippen LogP contribution in [0.3, 0.4) is 0 Å². The van der Waals surface area contributed by atoms with E-state index in [0.717, 1.165) is 0 Å². The number of nitrogens with zero attached hydrogens (tertiary/aromatic N) is 1. The first-order valence-electron chi connectivity index (χ1n) is 6.95. The lowest BCUT2D eigenvalue weighted by molar-refractivity contribution is 0.622. The Hall–Kier alpha value is -2.47. The smallest absolute Gasteiger partial charge is 0.272 e. The van der Waals surface area contributed by atoms with Crippen LogP contribution >= 0.6 is 11.6 Å². The van der Waals surface area contributed by atoms with Crippen molar-refractivity contribution >= 4 is 28.1 Å². The average Bonchev–Trinajstić information content (AvgIpc) is 2.53. The SMILES string of the molecule is O=c1[nH]nc2c3c(cc(F)cc13)NCC2c1ccc(Cl)c(F)c1. The van der Waals surface area contributed by atoms with Gasteiger partial charge in [-0.25, -0.2) is 13.9 Å². The Morgan fingerprint density at radius 2 is 2.04 bits per heavy atom. The van der Waals surface area contributed by atoms with Gasteiger partial charge in [0, 0.05) is 23.5 Å². The zero-order valence-corrected chi connectivity index (χ0v) is 12.4. The maximum Gasteiger partial charge on any atom is 0.272 e. The van der Waals surface area contributed by atoms with Crippen LogP contribution < -0.4 is 10.9 Å². The molecule has 1 aromatic heterocycles. The largest absolute Gasteiger partial charge is 0.383 e. The standard InChI is InChI=1S/C16H10ClF2N3O/c17-11-2-1-7(3-12(11)19)10-6-20-13-5-8(18)4-9-14(13)15(10)21-22-16(9)23/h1-5,10,20H,6H2,(H,22,23). The Bertz CT molecular complexity index is 1000. The fourth-order valence-corrected chi connectivity index (χ4v) is 3.11. The number of anilines is 1. The van der Waals surface area contributed by atoms with Crippen molar-refractivity contribution in [2.24, 2.45) is 0 Å². The van der Waals surface area contributed by atoms with Crippen molar-refractivity contribution < 1.29 is 8.78 Å². The summed E-state index contributed by atoms with van der Waals surface area (Å²) in [6.45, 7) is 0.408. The summed E-state index contributed by atoms with van der Waals surface area (Å²) in [6.07, 6.45) is 0. The average molecular weight is 334 g/mol. The third-order valence-corrected chi connectivity index (χ3v) is 4.36. The number of H-pyrrole nitrogens is 1. The zero-order valence-electron chi connectivity index (χ0n) is 11.7. The van der Waals surface area contributed by atoms with E-state index in [2.05, 4.69) is 15.5 Å². The van der Waals surface area contributed by atoms with Crippen molar-refractivity contribution in [3.63, 3.8) is 0 Å². The van der Waals surface area contributed by atoms with Crippen LogP contribution in [0, 0.1) is 11.6 Å². The number of benzene rings is 2. The van der Waals surface area contributed by atoms with Gasteiger partial charge in [-0.2, -0.15) is 5.10 Å². The molecular weight excluding hydrogens is 324 g/mol. The topological polar surface area (TPSA) is 57.8 Å². The first kappa shape index (κ1) is 14.1. The van der Waals surface area contributed by atoms with Crippen molar-refractivity contribution in [3.05, 3.63) is 68.6 Å². The molecule has 1 unspecified atom stereocenters. The predicted molar refractivity (Wildman–Crippen MR) is 84.1 cm³/mol. The number of hydrogen-bond acceptors (Lipinski definition) is 3. The van der Waals surface area contributed by atoms with Crippen molar-refractivity contribution in [1.29, 1.82) is 0 Å². The summed E-state index contributed by atoms with van der Waals surface area (Å²) in [5, 5.41) is 10.4. The molecule has 0 amide bonds. The second-order valence-electron chi connectivity index (χ2n) is 5.42. The van der Waals surface area contributed by atoms with Crippen LogP contribution in [0.1, 0.15) is 17.2 Å². The molecule has 4 rings (SSSR count). The molecule has 1 atom stereocenters. The maximum absolute atomic E-state index is 13.8. The van der Waals surface area contributed by atoms with Crippen LogP contribution in [-0.4, -0.2) is 16.7 Å². The summed E-state index contributed by atoms with van der Waals surface area (Å²) < 4.78 is 27.4. The van der Waals surface area contributed by atoms with Gasteiger partial charge in [0.15, 0.2) is 0 Å². The maximum atomic E-state index is 13.8. The molecule has 3 aromatic rings. The van der Waals surface area contributed by atoms with Crippen molar-refractivity contribution in [1.82, 2.24) is 10.2 Å². The molecule has 0 saturated heterocycles. The molecule has 1 aliphatic rings. The molecule has 7 heteroatoms. The van der Waals surface area contributed by atoms with Crippen LogP contribution in [-0.2, 0) is 0 Å². The van der Waals surface area contributed by atoms with Gasteiger partial charge in [0.25, 0.3) is 5.56 Å². The van der Waals surface area contributed by atoms with Crippen molar-refractivity contribution in [2.75, 3.05) is 11.9 Å². The molecule has 2 N–H and O–H groups in total. The Morgan fingerprint density at radius 3 is 2.83 bits per heavy atom. The summed E-state index contributed by atoms with van der Waals surface area (Å²) >= 11 is 5.72. The lowest BCUT2D eigenvalue weighted by Gasteiger charge is -2.26. The minimum Gasteiger partial charge on any atom is -0.383 e. The second kappa shape index (κ2) is 5.03. The normalized spacial score (nSPS) is 16.4. The van der Waals surface area contributed by atoms with Crippen molar-refractivity contribution in [2.45, 2.75) is 5.92 Å². The van der Waals surface area contributed by atoms with E-state index in [0.29, 0.717) is 28.9 Å². The van der Waals surface area contributed by atoms with Crippen LogP contribution in [0.4, 0.5) is 14.5 Å². The highest BCUT2D eigenvalue weighted by Gasteiger charge is 2.27. The number of halogens is 3. The molecule has 0 bridgehead atoms. The lowest BCUT2D eigenvalue weighted by atomic mass is 9.89. The van der Waals surface area contributed by atoms with Crippen molar-refractivity contribution in [3.8, 4) is 0 Å². The fourth-order valence-electron chi connectivity index (χ4n) is 2.99. The molecule has 2 heterocycles. The number of rotatable bonds is 1. The zero-order chi connectivity index (χ0) is 16.1. The van der Waals surface area contributed by atoms with E-state index in [1.165, 1.54) is 24.3 Å². The molecule has 2 aromatic carbocycles. The highest BCUT2D eigenvalue weighted by Crippen LogP contribution is 2.37. The molecule has 116 valence electrons. The van der Waals surface area contributed by atoms with Gasteiger partial charge in [-0.3, -0.25) is 4.79 Å². The summed E-state index contributed by atoms with van der Waals surface area (Å²) in [5.41, 5.74) is 1.30.